The number of Topliss-reactive ketones (excluding diaryl/α,β-unsaturated/α-hetero) is 2. The van der Waals surface area contributed by atoms with Crippen molar-refractivity contribution in [1.29, 1.82) is 0 Å². The van der Waals surface area contributed by atoms with E-state index in [1.54, 1.807) is 49.2 Å². The molecule has 1 heterocycles. The summed E-state index contributed by atoms with van der Waals surface area (Å²) in [4.78, 5) is 30.4. The lowest BCUT2D eigenvalue weighted by Gasteiger charge is -2.33. The molecule has 0 radical (unpaired) electrons. The van der Waals surface area contributed by atoms with Crippen LogP contribution in [0.15, 0.2) is 76.0 Å². The van der Waals surface area contributed by atoms with E-state index in [-0.39, 0.29) is 17.1 Å². The number of ether oxygens (including phenoxy) is 1. The van der Waals surface area contributed by atoms with Crippen LogP contribution in [0, 0.1) is 0 Å². The quantitative estimate of drug-likeness (QED) is 0.331. The van der Waals surface area contributed by atoms with E-state index in [1.165, 1.54) is 10.6 Å². The van der Waals surface area contributed by atoms with E-state index >= 15 is 0 Å². The monoisotopic (exact) mass is 441 g/mol. The van der Waals surface area contributed by atoms with E-state index in [4.69, 9.17) is 4.74 Å². The van der Waals surface area contributed by atoms with Crippen molar-refractivity contribution in [3.63, 3.8) is 0 Å². The first-order valence-corrected chi connectivity index (χ1v) is 11.6. The Bertz CT molecular complexity index is 1240. The van der Waals surface area contributed by atoms with Crippen LogP contribution >= 0.6 is 11.8 Å². The Kier molecular flexibility index (Phi) is 5.35. The number of unbranched alkanes of at least 4 members (excludes halogenated alkanes) is 1. The number of para-hydroxylation sites is 1. The highest BCUT2D eigenvalue weighted by atomic mass is 32.2. The second-order valence-electron chi connectivity index (χ2n) is 7.90. The van der Waals surface area contributed by atoms with E-state index in [2.05, 4.69) is 30.0 Å². The molecule has 0 N–H and O–H groups in total. The molecule has 32 heavy (non-hydrogen) atoms. The zero-order valence-corrected chi connectivity index (χ0v) is 18.9. The van der Waals surface area contributed by atoms with Crippen LogP contribution in [0.5, 0.6) is 5.75 Å². The second kappa shape index (κ2) is 8.32. The predicted molar refractivity (Wildman–Crippen MR) is 129 cm³/mol. The SMILES string of the molecule is CCCCN1c2ccccc2Sc2cc(C=C3C(=O)c4ccccc4C3=O)c(OC)cc21. The normalized spacial score (nSPS) is 14.2. The van der Waals surface area contributed by atoms with Crippen LogP contribution in [-0.4, -0.2) is 25.2 Å². The van der Waals surface area contributed by atoms with Gasteiger partial charge in [-0.25, -0.2) is 0 Å². The fraction of sp³-hybridized carbons (Fsp3) is 0.185. The summed E-state index contributed by atoms with van der Waals surface area (Å²) in [6.07, 6.45) is 3.86. The summed E-state index contributed by atoms with van der Waals surface area (Å²) in [5.74, 6) is 0.190. The summed E-state index contributed by atoms with van der Waals surface area (Å²) in [6, 6.07) is 19.4. The fourth-order valence-electron chi connectivity index (χ4n) is 4.28. The molecule has 0 amide bonds. The predicted octanol–water partition coefficient (Wildman–Crippen LogP) is 6.56. The molecule has 1 aliphatic heterocycles. The first-order valence-electron chi connectivity index (χ1n) is 10.8. The highest BCUT2D eigenvalue weighted by molar-refractivity contribution is 7.99. The molecule has 0 aromatic heterocycles. The number of allylic oxidation sites excluding steroid dienone is 1. The Hall–Kier alpha value is -3.31. The van der Waals surface area contributed by atoms with Gasteiger partial charge in [-0.15, -0.1) is 0 Å². The van der Waals surface area contributed by atoms with E-state index in [0.29, 0.717) is 16.9 Å². The minimum atomic E-state index is -0.229. The Labute approximate surface area is 191 Å². The Morgan fingerprint density at radius 1 is 0.906 bits per heavy atom. The molecule has 0 unspecified atom stereocenters. The van der Waals surface area contributed by atoms with Gasteiger partial charge in [-0.05, 0) is 30.7 Å². The van der Waals surface area contributed by atoms with Crippen LogP contribution in [0.4, 0.5) is 11.4 Å². The van der Waals surface area contributed by atoms with Crippen molar-refractivity contribution in [3.8, 4) is 5.75 Å². The highest BCUT2D eigenvalue weighted by Gasteiger charge is 2.33. The number of benzene rings is 3. The van der Waals surface area contributed by atoms with E-state index < -0.39 is 0 Å². The molecule has 5 rings (SSSR count). The fourth-order valence-corrected chi connectivity index (χ4v) is 5.40. The van der Waals surface area contributed by atoms with Gasteiger partial charge in [0.25, 0.3) is 0 Å². The number of hydrogen-bond donors (Lipinski definition) is 0. The van der Waals surface area contributed by atoms with E-state index in [1.807, 2.05) is 18.2 Å². The molecule has 2 aliphatic rings. The summed E-state index contributed by atoms with van der Waals surface area (Å²) in [6.45, 7) is 3.10. The van der Waals surface area contributed by atoms with Gasteiger partial charge >= 0.3 is 0 Å². The van der Waals surface area contributed by atoms with E-state index in [0.717, 1.165) is 35.5 Å². The molecular formula is C27H23NO3S. The third-order valence-electron chi connectivity index (χ3n) is 5.92. The molecule has 0 saturated heterocycles. The van der Waals surface area contributed by atoms with Gasteiger partial charge in [0.15, 0.2) is 11.6 Å². The molecule has 3 aromatic carbocycles. The molecule has 160 valence electrons. The second-order valence-corrected chi connectivity index (χ2v) is 8.98. The highest BCUT2D eigenvalue weighted by Crippen LogP contribution is 2.50. The molecule has 0 spiro atoms. The number of fused-ring (bicyclic) bond motifs is 3. The zero-order chi connectivity index (χ0) is 22.2. The number of rotatable bonds is 5. The largest absolute Gasteiger partial charge is 0.496 e. The van der Waals surface area contributed by atoms with Gasteiger partial charge in [-0.3, -0.25) is 9.59 Å². The van der Waals surface area contributed by atoms with Gasteiger partial charge in [-0.1, -0.05) is 61.5 Å². The summed E-state index contributed by atoms with van der Waals surface area (Å²) >= 11 is 1.70. The van der Waals surface area contributed by atoms with Crippen molar-refractivity contribution in [1.82, 2.24) is 0 Å². The van der Waals surface area contributed by atoms with Crippen LogP contribution in [0.3, 0.4) is 0 Å². The summed E-state index contributed by atoms with van der Waals surface area (Å²) in [7, 11) is 1.62. The first kappa shape index (κ1) is 20.6. The van der Waals surface area contributed by atoms with Crippen molar-refractivity contribution in [2.75, 3.05) is 18.6 Å². The van der Waals surface area contributed by atoms with Crippen molar-refractivity contribution >= 4 is 40.8 Å². The molecule has 0 bridgehead atoms. The molecule has 1 aliphatic carbocycles. The number of anilines is 2. The van der Waals surface area contributed by atoms with Crippen LogP contribution in [-0.2, 0) is 0 Å². The standard InChI is InChI=1S/C27H23NO3S/c1-3-4-13-28-21-11-7-8-12-24(21)32-25-15-17(23(31-2)16-22(25)28)14-20-26(29)18-9-5-6-10-19(18)27(20)30/h5-12,14-16H,3-4,13H2,1-2H3. The molecule has 0 saturated carbocycles. The average Bonchev–Trinajstić information content (AvgIpc) is 3.06. The summed E-state index contributed by atoms with van der Waals surface area (Å²) < 4.78 is 5.71. The molecular weight excluding hydrogens is 418 g/mol. The van der Waals surface area contributed by atoms with Crippen LogP contribution in [0.25, 0.3) is 6.08 Å². The average molecular weight is 442 g/mol. The summed E-state index contributed by atoms with van der Waals surface area (Å²) in [5.41, 5.74) is 4.15. The maximum absolute atomic E-state index is 12.9. The molecule has 4 nitrogen and oxygen atoms in total. The number of ketones is 2. The number of carbonyl (C=O) groups excluding carboxylic acids is 2. The van der Waals surface area contributed by atoms with Gasteiger partial charge in [0, 0.05) is 39.1 Å². The molecule has 3 aromatic rings. The lowest BCUT2D eigenvalue weighted by atomic mass is 10.0. The van der Waals surface area contributed by atoms with Gasteiger partial charge in [0.05, 0.1) is 24.1 Å². The van der Waals surface area contributed by atoms with Crippen LogP contribution in [0.2, 0.25) is 0 Å². The maximum Gasteiger partial charge on any atom is 0.197 e. The first-order chi connectivity index (χ1) is 15.6. The van der Waals surface area contributed by atoms with Crippen molar-refractivity contribution in [2.45, 2.75) is 29.6 Å². The number of carbonyl (C=O) groups is 2. The number of methoxy groups -OCH3 is 1. The Balaban J connectivity index is 1.61. The maximum atomic E-state index is 12.9. The van der Waals surface area contributed by atoms with Crippen molar-refractivity contribution in [2.24, 2.45) is 0 Å². The third kappa shape index (κ3) is 3.33. The van der Waals surface area contributed by atoms with Gasteiger partial charge in [0.1, 0.15) is 5.75 Å². The van der Waals surface area contributed by atoms with E-state index in [9.17, 15) is 9.59 Å². The van der Waals surface area contributed by atoms with Gasteiger partial charge < -0.3 is 9.64 Å². The topological polar surface area (TPSA) is 46.6 Å². The van der Waals surface area contributed by atoms with Crippen LogP contribution in [0.1, 0.15) is 46.0 Å². The lowest BCUT2D eigenvalue weighted by molar-refractivity contribution is 0.0990. The van der Waals surface area contributed by atoms with Crippen LogP contribution < -0.4 is 9.64 Å². The van der Waals surface area contributed by atoms with Crippen molar-refractivity contribution < 1.29 is 14.3 Å². The third-order valence-corrected chi connectivity index (χ3v) is 7.03. The zero-order valence-electron chi connectivity index (χ0n) is 18.1. The van der Waals surface area contributed by atoms with Gasteiger partial charge in [0.2, 0.25) is 0 Å². The number of hydrogen-bond acceptors (Lipinski definition) is 5. The summed E-state index contributed by atoms with van der Waals surface area (Å²) in [5, 5.41) is 0. The molecule has 0 fully saturated rings. The smallest absolute Gasteiger partial charge is 0.197 e. The molecule has 5 heteroatoms. The molecule has 0 atom stereocenters. The Morgan fingerprint density at radius 2 is 1.59 bits per heavy atom. The van der Waals surface area contributed by atoms with Crippen molar-refractivity contribution in [3.05, 3.63) is 82.9 Å². The van der Waals surface area contributed by atoms with Gasteiger partial charge in [-0.2, -0.15) is 0 Å². The Morgan fingerprint density at radius 3 is 2.28 bits per heavy atom. The minimum absolute atomic E-state index is 0.188. The minimum Gasteiger partial charge on any atom is -0.496 e. The lowest BCUT2D eigenvalue weighted by Crippen LogP contribution is -2.22. The number of nitrogens with zero attached hydrogens (tertiary/aromatic N) is 1.